The molecule has 3 nitrogen and oxygen atoms in total. The average molecular weight is 314 g/mol. The fraction of sp³-hybridized carbons (Fsp3) is 0.533. The summed E-state index contributed by atoms with van der Waals surface area (Å²) in [5.74, 6) is 0.932. The zero-order chi connectivity index (χ0) is 14.4. The monoisotopic (exact) mass is 313 g/mol. The highest BCUT2D eigenvalue weighted by Crippen LogP contribution is 2.30. The summed E-state index contributed by atoms with van der Waals surface area (Å²) in [7, 11) is 0. The summed E-state index contributed by atoms with van der Waals surface area (Å²) in [5.41, 5.74) is -0.631. The Kier molecular flexibility index (Phi) is 5.75. The van der Waals surface area contributed by atoms with Gasteiger partial charge in [-0.3, -0.25) is 4.79 Å². The third-order valence-corrected chi connectivity index (χ3v) is 4.88. The van der Waals surface area contributed by atoms with Crippen molar-refractivity contribution in [2.45, 2.75) is 42.6 Å². The highest BCUT2D eigenvalue weighted by molar-refractivity contribution is 7.99. The first-order chi connectivity index (χ1) is 9.57. The van der Waals surface area contributed by atoms with Crippen LogP contribution >= 0.6 is 23.4 Å². The molecule has 0 atom stereocenters. The van der Waals surface area contributed by atoms with Crippen LogP contribution in [-0.2, 0) is 4.79 Å². The van der Waals surface area contributed by atoms with E-state index in [4.69, 9.17) is 11.6 Å². The van der Waals surface area contributed by atoms with Gasteiger partial charge in [0.15, 0.2) is 0 Å². The Hall–Kier alpha value is -0.710. The van der Waals surface area contributed by atoms with Crippen molar-refractivity contribution in [3.63, 3.8) is 0 Å². The molecule has 0 aliphatic heterocycles. The van der Waals surface area contributed by atoms with Crippen molar-refractivity contribution in [1.82, 2.24) is 5.32 Å². The van der Waals surface area contributed by atoms with Crippen molar-refractivity contribution in [3.8, 4) is 0 Å². The van der Waals surface area contributed by atoms with E-state index in [9.17, 15) is 9.90 Å². The van der Waals surface area contributed by atoms with E-state index >= 15 is 0 Å². The molecule has 0 unspecified atom stereocenters. The van der Waals surface area contributed by atoms with Crippen LogP contribution in [0.3, 0.4) is 0 Å². The number of halogens is 1. The smallest absolute Gasteiger partial charge is 0.220 e. The summed E-state index contributed by atoms with van der Waals surface area (Å²) in [6.45, 7) is 0.399. The van der Waals surface area contributed by atoms with Gasteiger partial charge in [0.2, 0.25) is 5.91 Å². The molecule has 2 rings (SSSR count). The third-order valence-electron chi connectivity index (χ3n) is 3.53. The summed E-state index contributed by atoms with van der Waals surface area (Å²) in [4.78, 5) is 12.8. The van der Waals surface area contributed by atoms with Gasteiger partial charge in [-0.1, -0.05) is 11.6 Å². The van der Waals surface area contributed by atoms with Crippen LogP contribution in [0, 0.1) is 0 Å². The maximum Gasteiger partial charge on any atom is 0.220 e. The molecule has 20 heavy (non-hydrogen) atoms. The second-order valence-corrected chi connectivity index (χ2v) is 6.87. The molecule has 1 amide bonds. The molecule has 0 aromatic heterocycles. The van der Waals surface area contributed by atoms with Gasteiger partial charge in [0, 0.05) is 22.9 Å². The second kappa shape index (κ2) is 7.34. The van der Waals surface area contributed by atoms with Crippen molar-refractivity contribution in [3.05, 3.63) is 29.3 Å². The van der Waals surface area contributed by atoms with Gasteiger partial charge in [-0.15, -0.1) is 11.8 Å². The standard InChI is InChI=1S/C15H20ClNO2S/c16-12-4-6-13(7-5-12)20-10-1-3-14(18)17-11-15(19)8-2-9-15/h4-7,19H,1-3,8-11H2,(H,17,18). The average Bonchev–Trinajstić information content (AvgIpc) is 2.41. The molecule has 1 fully saturated rings. The van der Waals surface area contributed by atoms with E-state index in [1.54, 1.807) is 11.8 Å². The highest BCUT2D eigenvalue weighted by atomic mass is 35.5. The lowest BCUT2D eigenvalue weighted by Gasteiger charge is -2.36. The highest BCUT2D eigenvalue weighted by Gasteiger charge is 2.34. The summed E-state index contributed by atoms with van der Waals surface area (Å²) in [5, 5.41) is 13.4. The molecule has 1 saturated carbocycles. The fourth-order valence-electron chi connectivity index (χ4n) is 2.07. The number of rotatable bonds is 7. The lowest BCUT2D eigenvalue weighted by atomic mass is 9.80. The molecule has 2 N–H and O–H groups in total. The van der Waals surface area contributed by atoms with E-state index < -0.39 is 5.60 Å². The molecule has 0 heterocycles. The lowest BCUT2D eigenvalue weighted by Crippen LogP contribution is -2.47. The number of nitrogens with one attached hydrogen (secondary N) is 1. The minimum Gasteiger partial charge on any atom is -0.388 e. The number of benzene rings is 1. The first-order valence-electron chi connectivity index (χ1n) is 6.95. The van der Waals surface area contributed by atoms with E-state index in [1.165, 1.54) is 4.90 Å². The van der Waals surface area contributed by atoms with Gasteiger partial charge >= 0.3 is 0 Å². The van der Waals surface area contributed by atoms with Crippen LogP contribution in [0.1, 0.15) is 32.1 Å². The van der Waals surface area contributed by atoms with E-state index in [1.807, 2.05) is 24.3 Å². The van der Waals surface area contributed by atoms with Gasteiger partial charge in [0.25, 0.3) is 0 Å². The van der Waals surface area contributed by atoms with Gasteiger partial charge in [-0.25, -0.2) is 0 Å². The largest absolute Gasteiger partial charge is 0.388 e. The second-order valence-electron chi connectivity index (χ2n) is 5.26. The number of hydrogen-bond acceptors (Lipinski definition) is 3. The Morgan fingerprint density at radius 2 is 2.05 bits per heavy atom. The quantitative estimate of drug-likeness (QED) is 0.600. The number of carbonyl (C=O) groups is 1. The molecule has 0 saturated heterocycles. The van der Waals surface area contributed by atoms with Crippen molar-refractivity contribution >= 4 is 29.3 Å². The van der Waals surface area contributed by atoms with E-state index in [-0.39, 0.29) is 5.91 Å². The van der Waals surface area contributed by atoms with E-state index in [0.717, 1.165) is 36.5 Å². The molecular weight excluding hydrogens is 294 g/mol. The molecule has 110 valence electrons. The molecule has 1 aromatic carbocycles. The SMILES string of the molecule is O=C(CCCSc1ccc(Cl)cc1)NCC1(O)CCC1. The molecule has 0 spiro atoms. The van der Waals surface area contributed by atoms with Crippen LogP contribution < -0.4 is 5.32 Å². The number of aliphatic hydroxyl groups is 1. The molecule has 1 aliphatic rings. The van der Waals surface area contributed by atoms with Crippen LogP contribution in [0.5, 0.6) is 0 Å². The lowest BCUT2D eigenvalue weighted by molar-refractivity contribution is -0.123. The third kappa shape index (κ3) is 5.00. The minimum atomic E-state index is -0.631. The van der Waals surface area contributed by atoms with Crippen molar-refractivity contribution in [2.24, 2.45) is 0 Å². The topological polar surface area (TPSA) is 49.3 Å². The van der Waals surface area contributed by atoms with Crippen molar-refractivity contribution in [2.75, 3.05) is 12.3 Å². The van der Waals surface area contributed by atoms with Gasteiger partial charge in [0.05, 0.1) is 5.60 Å². The molecule has 1 aliphatic carbocycles. The number of thioether (sulfide) groups is 1. The number of carbonyl (C=O) groups excluding carboxylic acids is 1. The minimum absolute atomic E-state index is 0.0297. The van der Waals surface area contributed by atoms with Crippen molar-refractivity contribution < 1.29 is 9.90 Å². The zero-order valence-corrected chi connectivity index (χ0v) is 13.0. The van der Waals surface area contributed by atoms with Crippen LogP contribution in [0.2, 0.25) is 5.02 Å². The first kappa shape index (κ1) is 15.7. The first-order valence-corrected chi connectivity index (χ1v) is 8.31. The summed E-state index contributed by atoms with van der Waals surface area (Å²) < 4.78 is 0. The van der Waals surface area contributed by atoms with Gasteiger partial charge in [-0.2, -0.15) is 0 Å². The fourth-order valence-corrected chi connectivity index (χ4v) is 3.05. The van der Waals surface area contributed by atoms with Gasteiger partial charge in [-0.05, 0) is 55.7 Å². The normalized spacial score (nSPS) is 16.5. The van der Waals surface area contributed by atoms with Crippen LogP contribution in [0.4, 0.5) is 0 Å². The molecule has 5 heteroatoms. The molecular formula is C15H20ClNO2S. The Morgan fingerprint density at radius 1 is 1.35 bits per heavy atom. The maximum absolute atomic E-state index is 11.6. The van der Waals surface area contributed by atoms with Crippen LogP contribution in [0.15, 0.2) is 29.2 Å². The molecule has 0 bridgehead atoms. The van der Waals surface area contributed by atoms with Crippen LogP contribution in [0.25, 0.3) is 0 Å². The zero-order valence-electron chi connectivity index (χ0n) is 11.4. The molecule has 0 radical (unpaired) electrons. The Labute approximate surface area is 129 Å². The van der Waals surface area contributed by atoms with Gasteiger partial charge < -0.3 is 10.4 Å². The van der Waals surface area contributed by atoms with Gasteiger partial charge in [0.1, 0.15) is 0 Å². The summed E-state index contributed by atoms with van der Waals surface area (Å²) in [6, 6.07) is 7.71. The van der Waals surface area contributed by atoms with E-state index in [2.05, 4.69) is 5.32 Å². The van der Waals surface area contributed by atoms with Crippen LogP contribution in [-0.4, -0.2) is 28.9 Å². The number of amides is 1. The summed E-state index contributed by atoms with van der Waals surface area (Å²) >= 11 is 7.54. The number of hydrogen-bond donors (Lipinski definition) is 2. The Bertz CT molecular complexity index is 446. The van der Waals surface area contributed by atoms with Crippen molar-refractivity contribution in [1.29, 1.82) is 0 Å². The van der Waals surface area contributed by atoms with E-state index in [0.29, 0.717) is 13.0 Å². The maximum atomic E-state index is 11.6. The predicted molar refractivity (Wildman–Crippen MR) is 83.2 cm³/mol. The molecule has 1 aromatic rings. The summed E-state index contributed by atoms with van der Waals surface area (Å²) in [6.07, 6.45) is 4.01. The predicted octanol–water partition coefficient (Wildman–Crippen LogP) is 3.24. The Balaban J connectivity index is 1.56. The Morgan fingerprint density at radius 3 is 2.65 bits per heavy atom.